The molecule has 0 unspecified atom stereocenters. The Morgan fingerprint density at radius 3 is 2.28 bits per heavy atom. The molecule has 1 N–H and O–H groups in total. The average Bonchev–Trinajstić information content (AvgIpc) is 2.62. The van der Waals surface area contributed by atoms with Crippen LogP contribution in [0.15, 0.2) is 48.5 Å². The van der Waals surface area contributed by atoms with Gasteiger partial charge in [-0.1, -0.05) is 50.1 Å². The van der Waals surface area contributed by atoms with E-state index < -0.39 is 17.9 Å². The average molecular weight is 340 g/mol. The zero-order valence-corrected chi connectivity index (χ0v) is 14.0. The van der Waals surface area contributed by atoms with Crippen molar-refractivity contribution in [3.8, 4) is 0 Å². The number of carboxylic acids is 1. The molecular formula is C20H20O5. The molecule has 2 rings (SSSR count). The van der Waals surface area contributed by atoms with Gasteiger partial charge in [-0.15, -0.1) is 0 Å². The molecule has 2 aromatic rings. The maximum Gasteiger partial charge on any atom is 0.347 e. The number of esters is 2. The van der Waals surface area contributed by atoms with Crippen molar-refractivity contribution in [2.75, 3.05) is 0 Å². The third-order valence-corrected chi connectivity index (χ3v) is 3.83. The summed E-state index contributed by atoms with van der Waals surface area (Å²) in [5, 5.41) is 9.37. The molecule has 0 atom stereocenters. The van der Waals surface area contributed by atoms with Crippen LogP contribution in [0.2, 0.25) is 0 Å². The maximum atomic E-state index is 12.5. The van der Waals surface area contributed by atoms with E-state index in [0.29, 0.717) is 12.0 Å². The number of benzene rings is 2. The molecule has 0 aliphatic carbocycles. The lowest BCUT2D eigenvalue weighted by Gasteiger charge is -2.11. The van der Waals surface area contributed by atoms with Gasteiger partial charge in [0.25, 0.3) is 0 Å². The van der Waals surface area contributed by atoms with Crippen molar-refractivity contribution < 1.29 is 24.2 Å². The molecular weight excluding hydrogens is 320 g/mol. The van der Waals surface area contributed by atoms with Crippen LogP contribution in [0.25, 0.3) is 0 Å². The van der Waals surface area contributed by atoms with E-state index in [-0.39, 0.29) is 16.7 Å². The topological polar surface area (TPSA) is 80.7 Å². The number of ether oxygens (including phenoxy) is 1. The summed E-state index contributed by atoms with van der Waals surface area (Å²) in [4.78, 5) is 36.1. The number of hydrogen-bond donors (Lipinski definition) is 1. The molecule has 0 heterocycles. The van der Waals surface area contributed by atoms with Crippen molar-refractivity contribution in [1.82, 2.24) is 0 Å². The fourth-order valence-electron chi connectivity index (χ4n) is 2.56. The highest BCUT2D eigenvalue weighted by atomic mass is 16.6. The number of carbonyl (C=O) groups excluding carboxylic acids is 2. The van der Waals surface area contributed by atoms with Crippen LogP contribution in [-0.2, 0) is 11.2 Å². The third kappa shape index (κ3) is 4.76. The van der Waals surface area contributed by atoms with Crippen molar-refractivity contribution in [2.45, 2.75) is 32.6 Å². The fraction of sp³-hybridized carbons (Fsp3) is 0.250. The minimum absolute atomic E-state index is 0.0459. The van der Waals surface area contributed by atoms with Gasteiger partial charge < -0.3 is 9.84 Å². The summed E-state index contributed by atoms with van der Waals surface area (Å²) in [6.07, 6.45) is 3.35. The smallest absolute Gasteiger partial charge is 0.347 e. The third-order valence-electron chi connectivity index (χ3n) is 3.83. The predicted octanol–water partition coefficient (Wildman–Crippen LogP) is 4.11. The lowest BCUT2D eigenvalue weighted by Crippen LogP contribution is -2.18. The maximum absolute atomic E-state index is 12.5. The standard InChI is InChI=1S/C20H20O5/c1-2-3-5-9-14-12-8-13-16(18(21)22)17(14)20(24)25-19(23)15-10-6-4-7-11-15/h4,6-8,10-13H,2-3,5,9H2,1H3,(H,21,22). The van der Waals surface area contributed by atoms with Gasteiger partial charge in [-0.25, -0.2) is 14.4 Å². The summed E-state index contributed by atoms with van der Waals surface area (Å²) < 4.78 is 4.92. The summed E-state index contributed by atoms with van der Waals surface area (Å²) in [5.41, 5.74) is 0.616. The number of aromatic carboxylic acids is 1. The van der Waals surface area contributed by atoms with Crippen molar-refractivity contribution in [3.05, 3.63) is 70.8 Å². The second kappa shape index (κ2) is 8.78. The normalized spacial score (nSPS) is 10.3. The van der Waals surface area contributed by atoms with Gasteiger partial charge in [-0.05, 0) is 36.6 Å². The second-order valence-electron chi connectivity index (χ2n) is 5.64. The molecule has 0 aromatic heterocycles. The van der Waals surface area contributed by atoms with E-state index >= 15 is 0 Å². The molecule has 0 bridgehead atoms. The Morgan fingerprint density at radius 1 is 0.920 bits per heavy atom. The Morgan fingerprint density at radius 2 is 1.64 bits per heavy atom. The Kier molecular flexibility index (Phi) is 6.46. The molecule has 0 aliphatic rings. The van der Waals surface area contributed by atoms with Crippen LogP contribution in [0.1, 0.15) is 62.8 Å². The van der Waals surface area contributed by atoms with E-state index in [1.807, 2.05) is 0 Å². The van der Waals surface area contributed by atoms with E-state index in [4.69, 9.17) is 4.74 Å². The first-order valence-electron chi connectivity index (χ1n) is 8.21. The monoisotopic (exact) mass is 340 g/mol. The van der Waals surface area contributed by atoms with Crippen LogP contribution in [0.4, 0.5) is 0 Å². The van der Waals surface area contributed by atoms with Crippen LogP contribution < -0.4 is 0 Å². The molecule has 0 fully saturated rings. The van der Waals surface area contributed by atoms with Gasteiger partial charge in [0.2, 0.25) is 0 Å². The first-order chi connectivity index (χ1) is 12.0. The van der Waals surface area contributed by atoms with Gasteiger partial charge >= 0.3 is 17.9 Å². The number of unbranched alkanes of at least 4 members (excludes halogenated alkanes) is 2. The largest absolute Gasteiger partial charge is 0.478 e. The summed E-state index contributed by atoms with van der Waals surface area (Å²) in [5.74, 6) is -2.96. The van der Waals surface area contributed by atoms with Crippen molar-refractivity contribution in [2.24, 2.45) is 0 Å². The van der Waals surface area contributed by atoms with Crippen molar-refractivity contribution in [1.29, 1.82) is 0 Å². The molecule has 2 aromatic carbocycles. The van der Waals surface area contributed by atoms with E-state index in [2.05, 4.69) is 6.92 Å². The fourth-order valence-corrected chi connectivity index (χ4v) is 2.56. The molecule has 0 saturated heterocycles. The Balaban J connectivity index is 2.29. The summed E-state index contributed by atoms with van der Waals surface area (Å²) >= 11 is 0. The lowest BCUT2D eigenvalue weighted by molar-refractivity contribution is 0.0391. The molecule has 25 heavy (non-hydrogen) atoms. The Labute approximate surface area is 146 Å². The summed E-state index contributed by atoms with van der Waals surface area (Å²) in [6.45, 7) is 2.06. The summed E-state index contributed by atoms with van der Waals surface area (Å²) in [6, 6.07) is 12.7. The van der Waals surface area contributed by atoms with Gasteiger partial charge in [0.15, 0.2) is 0 Å². The van der Waals surface area contributed by atoms with Gasteiger partial charge in [0.1, 0.15) is 0 Å². The highest BCUT2D eigenvalue weighted by Gasteiger charge is 2.24. The predicted molar refractivity (Wildman–Crippen MR) is 92.8 cm³/mol. The number of rotatable bonds is 7. The number of hydrogen-bond acceptors (Lipinski definition) is 4. The summed E-state index contributed by atoms with van der Waals surface area (Å²) in [7, 11) is 0. The van der Waals surface area contributed by atoms with Crippen molar-refractivity contribution in [3.63, 3.8) is 0 Å². The second-order valence-corrected chi connectivity index (χ2v) is 5.64. The first-order valence-corrected chi connectivity index (χ1v) is 8.21. The van der Waals surface area contributed by atoms with E-state index in [1.165, 1.54) is 18.2 Å². The number of aryl methyl sites for hydroxylation is 1. The molecule has 0 amide bonds. The zero-order valence-electron chi connectivity index (χ0n) is 14.0. The minimum Gasteiger partial charge on any atom is -0.478 e. The van der Waals surface area contributed by atoms with Crippen LogP contribution in [0, 0.1) is 0 Å². The van der Waals surface area contributed by atoms with Crippen LogP contribution >= 0.6 is 0 Å². The van der Waals surface area contributed by atoms with E-state index in [9.17, 15) is 19.5 Å². The molecule has 0 aliphatic heterocycles. The molecule has 5 nitrogen and oxygen atoms in total. The molecule has 0 spiro atoms. The minimum atomic E-state index is -1.23. The molecule has 0 radical (unpaired) electrons. The molecule has 0 saturated carbocycles. The van der Waals surface area contributed by atoms with Gasteiger partial charge in [-0.2, -0.15) is 0 Å². The van der Waals surface area contributed by atoms with Crippen LogP contribution in [-0.4, -0.2) is 23.0 Å². The number of carbonyl (C=O) groups is 3. The highest BCUT2D eigenvalue weighted by molar-refractivity contribution is 6.08. The first kappa shape index (κ1) is 18.4. The SMILES string of the molecule is CCCCCc1cccc(C(=O)O)c1C(=O)OC(=O)c1ccccc1. The van der Waals surface area contributed by atoms with E-state index in [0.717, 1.165) is 19.3 Å². The Hall–Kier alpha value is -2.95. The highest BCUT2D eigenvalue weighted by Crippen LogP contribution is 2.20. The zero-order chi connectivity index (χ0) is 18.2. The molecule has 130 valence electrons. The van der Waals surface area contributed by atoms with Crippen LogP contribution in [0.5, 0.6) is 0 Å². The number of carboxylic acid groups (broad SMARTS) is 1. The van der Waals surface area contributed by atoms with Crippen molar-refractivity contribution >= 4 is 17.9 Å². The van der Waals surface area contributed by atoms with E-state index in [1.54, 1.807) is 30.3 Å². The lowest BCUT2D eigenvalue weighted by atomic mass is 9.96. The van der Waals surface area contributed by atoms with Gasteiger partial charge in [-0.3, -0.25) is 0 Å². The van der Waals surface area contributed by atoms with Gasteiger partial charge in [0.05, 0.1) is 16.7 Å². The van der Waals surface area contributed by atoms with Gasteiger partial charge in [0, 0.05) is 0 Å². The Bertz CT molecular complexity index is 765. The molecule has 5 heteroatoms. The van der Waals surface area contributed by atoms with Crippen LogP contribution in [0.3, 0.4) is 0 Å². The quantitative estimate of drug-likeness (QED) is 0.466.